The van der Waals surface area contributed by atoms with Crippen LogP contribution < -0.4 is 4.74 Å². The van der Waals surface area contributed by atoms with Gasteiger partial charge in [0.15, 0.2) is 0 Å². The van der Waals surface area contributed by atoms with Crippen molar-refractivity contribution in [2.75, 3.05) is 5.75 Å². The molecule has 206 valence electrons. The molecule has 0 aliphatic carbocycles. The maximum atomic E-state index is 6.99. The molecule has 0 saturated carbocycles. The Morgan fingerprint density at radius 1 is 0.643 bits per heavy atom. The zero-order valence-electron chi connectivity index (χ0n) is 23.5. The average Bonchev–Trinajstić information content (AvgIpc) is 3.62. The Morgan fingerprint density at radius 2 is 1.12 bits per heavy atom. The molecule has 4 heterocycles. The minimum Gasteiger partial charge on any atom is -0.471 e. The molecule has 0 amide bonds. The quantitative estimate of drug-likeness (QED) is 0.215. The van der Waals surface area contributed by atoms with Crippen LogP contribution in [0, 0.1) is 5.92 Å². The first-order valence-corrected chi connectivity index (χ1v) is 15.4. The van der Waals surface area contributed by atoms with E-state index in [1.807, 2.05) is 22.5 Å². The minimum atomic E-state index is -0.425. The van der Waals surface area contributed by atoms with Gasteiger partial charge in [0.2, 0.25) is 5.88 Å². The Hall–Kier alpha value is -4.55. The summed E-state index contributed by atoms with van der Waals surface area (Å²) in [5.74, 6) is 1.99. The standard InChI is InChI=1S/C36H30N4OS/c1-36(2)28-23-42-35-31(33(25-17-9-4-10-18-25)38-40(35)27-21-13-6-14-22-27)29(28)30-32(24-15-7-3-8-16-24)37-39(34(30)41-36)26-19-11-5-12-20-26/h3-22,28-29H,23H2,1-2H3/t28-,29+/m1/s1. The second-order valence-corrected chi connectivity index (χ2v) is 12.5. The van der Waals surface area contributed by atoms with Gasteiger partial charge < -0.3 is 4.74 Å². The first-order chi connectivity index (χ1) is 20.6. The number of ether oxygens (including phenoxy) is 1. The summed E-state index contributed by atoms with van der Waals surface area (Å²) < 4.78 is 11.1. The molecule has 42 heavy (non-hydrogen) atoms. The van der Waals surface area contributed by atoms with Gasteiger partial charge in [0.05, 0.1) is 22.6 Å². The SMILES string of the molecule is CC1(C)Oc2c(c(-c3ccccc3)nn2-c2ccccc2)[C@H]2c3c(-c4ccccc4)nn(-c4ccccc4)c3SC[C@H]21. The summed E-state index contributed by atoms with van der Waals surface area (Å²) in [6.45, 7) is 4.46. The van der Waals surface area contributed by atoms with Crippen molar-refractivity contribution < 1.29 is 4.74 Å². The monoisotopic (exact) mass is 566 g/mol. The molecule has 2 aliphatic rings. The number of thioether (sulfide) groups is 1. The van der Waals surface area contributed by atoms with Gasteiger partial charge in [-0.05, 0) is 38.1 Å². The number of benzene rings is 4. The zero-order valence-corrected chi connectivity index (χ0v) is 24.3. The van der Waals surface area contributed by atoms with Gasteiger partial charge in [-0.3, -0.25) is 0 Å². The Kier molecular flexibility index (Phi) is 5.86. The Balaban J connectivity index is 1.46. The summed E-state index contributed by atoms with van der Waals surface area (Å²) in [6, 6.07) is 41.9. The lowest BCUT2D eigenvalue weighted by Gasteiger charge is -2.46. The molecule has 0 radical (unpaired) electrons. The van der Waals surface area contributed by atoms with E-state index in [-0.39, 0.29) is 11.8 Å². The third-order valence-electron chi connectivity index (χ3n) is 8.53. The van der Waals surface area contributed by atoms with Crippen LogP contribution in [0.15, 0.2) is 126 Å². The smallest absolute Gasteiger partial charge is 0.221 e. The Labute approximate surface area is 249 Å². The summed E-state index contributed by atoms with van der Waals surface area (Å²) in [4.78, 5) is 0. The van der Waals surface area contributed by atoms with E-state index in [9.17, 15) is 0 Å². The predicted octanol–water partition coefficient (Wildman–Crippen LogP) is 8.42. The molecule has 0 bridgehead atoms. The fraction of sp³-hybridized carbons (Fsp3) is 0.167. The Morgan fingerprint density at radius 3 is 1.69 bits per heavy atom. The first kappa shape index (κ1) is 25.2. The summed E-state index contributed by atoms with van der Waals surface area (Å²) in [5, 5.41) is 11.8. The molecule has 0 unspecified atom stereocenters. The van der Waals surface area contributed by atoms with Crippen LogP contribution in [-0.2, 0) is 0 Å². The van der Waals surface area contributed by atoms with E-state index in [1.54, 1.807) is 0 Å². The van der Waals surface area contributed by atoms with Crippen molar-refractivity contribution in [1.82, 2.24) is 19.6 Å². The maximum absolute atomic E-state index is 6.99. The van der Waals surface area contributed by atoms with Crippen molar-refractivity contribution in [3.8, 4) is 39.8 Å². The summed E-state index contributed by atoms with van der Waals surface area (Å²) in [5.41, 5.74) is 8.21. The normalized spacial score (nSPS) is 18.4. The highest BCUT2D eigenvalue weighted by Gasteiger charge is 2.52. The van der Waals surface area contributed by atoms with Gasteiger partial charge in [-0.2, -0.15) is 10.2 Å². The van der Waals surface area contributed by atoms with Crippen LogP contribution in [0.5, 0.6) is 5.88 Å². The van der Waals surface area contributed by atoms with E-state index in [0.29, 0.717) is 0 Å². The van der Waals surface area contributed by atoms with E-state index >= 15 is 0 Å². The number of rotatable bonds is 4. The van der Waals surface area contributed by atoms with Gasteiger partial charge in [-0.15, -0.1) is 11.8 Å². The lowest BCUT2D eigenvalue weighted by Crippen LogP contribution is -2.47. The van der Waals surface area contributed by atoms with Crippen molar-refractivity contribution in [1.29, 1.82) is 0 Å². The largest absolute Gasteiger partial charge is 0.471 e. The van der Waals surface area contributed by atoms with Crippen LogP contribution >= 0.6 is 11.8 Å². The second kappa shape index (κ2) is 9.78. The molecule has 0 saturated heterocycles. The molecule has 5 nitrogen and oxygen atoms in total. The predicted molar refractivity (Wildman–Crippen MR) is 169 cm³/mol. The van der Waals surface area contributed by atoms with E-state index in [0.717, 1.165) is 51.1 Å². The molecule has 0 spiro atoms. The van der Waals surface area contributed by atoms with Gasteiger partial charge >= 0.3 is 0 Å². The van der Waals surface area contributed by atoms with Gasteiger partial charge in [0.25, 0.3) is 0 Å². The number of hydrogen-bond donors (Lipinski definition) is 0. The molecule has 2 aliphatic heterocycles. The van der Waals surface area contributed by atoms with E-state index in [2.05, 4.69) is 134 Å². The van der Waals surface area contributed by atoms with Crippen LogP contribution in [0.2, 0.25) is 0 Å². The van der Waals surface area contributed by atoms with Crippen LogP contribution in [0.4, 0.5) is 0 Å². The lowest BCUT2D eigenvalue weighted by atomic mass is 9.71. The van der Waals surface area contributed by atoms with Crippen LogP contribution in [-0.4, -0.2) is 30.9 Å². The number of aromatic nitrogens is 4. The van der Waals surface area contributed by atoms with Crippen molar-refractivity contribution in [3.05, 3.63) is 132 Å². The molecule has 6 heteroatoms. The number of hydrogen-bond acceptors (Lipinski definition) is 4. The molecule has 0 N–H and O–H groups in total. The van der Waals surface area contributed by atoms with Crippen molar-refractivity contribution in [2.45, 2.75) is 30.4 Å². The highest BCUT2D eigenvalue weighted by molar-refractivity contribution is 7.99. The third-order valence-corrected chi connectivity index (χ3v) is 9.72. The average molecular weight is 567 g/mol. The van der Waals surface area contributed by atoms with E-state index < -0.39 is 5.60 Å². The van der Waals surface area contributed by atoms with E-state index in [4.69, 9.17) is 14.9 Å². The number of fused-ring (bicyclic) bond motifs is 5. The van der Waals surface area contributed by atoms with Gasteiger partial charge in [0.1, 0.15) is 16.3 Å². The van der Waals surface area contributed by atoms with Gasteiger partial charge in [-0.1, -0.05) is 97.1 Å². The maximum Gasteiger partial charge on any atom is 0.221 e. The van der Waals surface area contributed by atoms with E-state index in [1.165, 1.54) is 10.6 Å². The summed E-state index contributed by atoms with van der Waals surface area (Å²) in [7, 11) is 0. The number of nitrogens with zero attached hydrogens (tertiary/aromatic N) is 4. The fourth-order valence-corrected chi connectivity index (χ4v) is 8.05. The zero-order chi connectivity index (χ0) is 28.3. The molecular weight excluding hydrogens is 536 g/mol. The summed E-state index contributed by atoms with van der Waals surface area (Å²) >= 11 is 1.89. The molecule has 2 aromatic heterocycles. The first-order valence-electron chi connectivity index (χ1n) is 14.4. The van der Waals surface area contributed by atoms with Gasteiger partial charge in [-0.25, -0.2) is 9.36 Å². The van der Waals surface area contributed by atoms with Crippen molar-refractivity contribution in [3.63, 3.8) is 0 Å². The van der Waals surface area contributed by atoms with Gasteiger partial charge in [0, 0.05) is 34.3 Å². The lowest BCUT2D eigenvalue weighted by molar-refractivity contribution is 0.0202. The molecule has 2 atom stereocenters. The van der Waals surface area contributed by atoms with Crippen LogP contribution in [0.25, 0.3) is 33.9 Å². The molecule has 4 aromatic carbocycles. The highest BCUT2D eigenvalue weighted by atomic mass is 32.2. The molecular formula is C36H30N4OS. The summed E-state index contributed by atoms with van der Waals surface area (Å²) in [6.07, 6.45) is 0. The highest BCUT2D eigenvalue weighted by Crippen LogP contribution is 2.59. The Bertz CT molecular complexity index is 1880. The van der Waals surface area contributed by atoms with Crippen molar-refractivity contribution in [2.24, 2.45) is 5.92 Å². The minimum absolute atomic E-state index is 0.0420. The molecule has 8 rings (SSSR count). The molecule has 0 fully saturated rings. The number of para-hydroxylation sites is 2. The third kappa shape index (κ3) is 3.93. The fourth-order valence-electron chi connectivity index (χ4n) is 6.47. The second-order valence-electron chi connectivity index (χ2n) is 11.5. The van der Waals surface area contributed by atoms with Crippen LogP contribution in [0.3, 0.4) is 0 Å². The molecule has 6 aromatic rings. The van der Waals surface area contributed by atoms with Crippen LogP contribution in [0.1, 0.15) is 30.9 Å². The van der Waals surface area contributed by atoms with Crippen molar-refractivity contribution >= 4 is 11.8 Å². The topological polar surface area (TPSA) is 44.9 Å².